The summed E-state index contributed by atoms with van der Waals surface area (Å²) in [6.45, 7) is 0. The Labute approximate surface area is 121 Å². The van der Waals surface area contributed by atoms with Gasteiger partial charge in [0.2, 0.25) is 0 Å². The Hall–Kier alpha value is -2.48. The Morgan fingerprint density at radius 1 is 1.35 bits per heavy atom. The molecule has 0 fully saturated rings. The lowest BCUT2D eigenvalue weighted by Crippen LogP contribution is -2.12. The van der Waals surface area contributed by atoms with Crippen LogP contribution in [0.3, 0.4) is 0 Å². The van der Waals surface area contributed by atoms with E-state index >= 15 is 0 Å². The van der Waals surface area contributed by atoms with E-state index in [0.717, 1.165) is 6.07 Å². The number of benzene rings is 1. The van der Waals surface area contributed by atoms with Crippen LogP contribution in [0.4, 0.5) is 5.69 Å². The number of carbonyl (C=O) groups is 1. The van der Waals surface area contributed by atoms with Crippen molar-refractivity contribution in [2.24, 2.45) is 5.73 Å². The minimum Gasteiger partial charge on any atom is -0.455 e. The molecule has 1 aromatic carbocycles. The topological polar surface area (TPSA) is 108 Å². The molecule has 0 aliphatic rings. The number of nitrogens with zero attached hydrogens (tertiary/aromatic N) is 2. The van der Waals surface area contributed by atoms with Gasteiger partial charge in [0.05, 0.1) is 16.7 Å². The number of primary amides is 1. The molecule has 1 aromatic heterocycles. The quantitative estimate of drug-likeness (QED) is 0.681. The van der Waals surface area contributed by atoms with Crippen LogP contribution in [0.1, 0.15) is 10.4 Å². The highest BCUT2D eigenvalue weighted by molar-refractivity contribution is 9.10. The van der Waals surface area contributed by atoms with E-state index in [-0.39, 0.29) is 17.0 Å². The molecule has 0 aliphatic heterocycles. The molecule has 1 heterocycles. The first-order valence-corrected chi connectivity index (χ1v) is 6.13. The monoisotopic (exact) mass is 337 g/mol. The van der Waals surface area contributed by atoms with E-state index in [2.05, 4.69) is 20.9 Å². The number of nitro groups is 1. The number of pyridine rings is 1. The molecule has 2 rings (SSSR count). The number of hydrogen-bond donors (Lipinski definition) is 1. The molecule has 0 spiro atoms. The summed E-state index contributed by atoms with van der Waals surface area (Å²) in [6.07, 6.45) is 3.01. The van der Waals surface area contributed by atoms with Crippen LogP contribution in [0.5, 0.6) is 11.5 Å². The van der Waals surface area contributed by atoms with Crippen LogP contribution in [0.2, 0.25) is 0 Å². The first-order chi connectivity index (χ1) is 9.47. The summed E-state index contributed by atoms with van der Waals surface area (Å²) in [5.41, 5.74) is 4.89. The van der Waals surface area contributed by atoms with Crippen LogP contribution >= 0.6 is 15.9 Å². The van der Waals surface area contributed by atoms with Gasteiger partial charge in [0.1, 0.15) is 11.5 Å². The number of nitrogens with two attached hydrogens (primary N) is 1. The summed E-state index contributed by atoms with van der Waals surface area (Å²) in [6, 6.07) is 5.26. The molecular formula is C12H8BrN3O4. The highest BCUT2D eigenvalue weighted by Gasteiger charge is 2.16. The number of halogens is 1. The Kier molecular flexibility index (Phi) is 3.94. The smallest absolute Gasteiger partial charge is 0.270 e. The molecule has 20 heavy (non-hydrogen) atoms. The standard InChI is InChI=1S/C12H8BrN3O4/c13-7-3-9(6-15-5-7)20-11-2-1-8(16(18)19)4-10(11)12(14)17/h1-6H,(H2,14,17). The number of hydrogen-bond acceptors (Lipinski definition) is 5. The number of non-ortho nitro benzene ring substituents is 1. The van der Waals surface area contributed by atoms with Crippen LogP contribution in [-0.4, -0.2) is 15.8 Å². The molecule has 0 radical (unpaired) electrons. The fourth-order valence-electron chi connectivity index (χ4n) is 1.49. The number of nitro benzene ring substituents is 1. The third-order valence-electron chi connectivity index (χ3n) is 2.35. The maximum Gasteiger partial charge on any atom is 0.270 e. The van der Waals surface area contributed by atoms with Gasteiger partial charge in [-0.2, -0.15) is 0 Å². The maximum absolute atomic E-state index is 11.3. The van der Waals surface area contributed by atoms with E-state index in [1.807, 2.05) is 0 Å². The Morgan fingerprint density at radius 2 is 2.10 bits per heavy atom. The molecule has 0 saturated heterocycles. The summed E-state index contributed by atoms with van der Waals surface area (Å²) in [7, 11) is 0. The Morgan fingerprint density at radius 3 is 2.70 bits per heavy atom. The fraction of sp³-hybridized carbons (Fsp3) is 0. The van der Waals surface area contributed by atoms with Gasteiger partial charge in [-0.25, -0.2) is 0 Å². The van der Waals surface area contributed by atoms with Crippen LogP contribution in [0, 0.1) is 10.1 Å². The molecule has 0 aliphatic carbocycles. The average molecular weight is 338 g/mol. The Balaban J connectivity index is 2.41. The van der Waals surface area contributed by atoms with Crippen LogP contribution in [0.15, 0.2) is 41.1 Å². The first kappa shape index (κ1) is 13.9. The molecule has 8 heteroatoms. The fourth-order valence-corrected chi connectivity index (χ4v) is 1.83. The van der Waals surface area contributed by atoms with E-state index in [1.165, 1.54) is 18.3 Å². The van der Waals surface area contributed by atoms with Gasteiger partial charge < -0.3 is 10.5 Å². The van der Waals surface area contributed by atoms with Crippen LogP contribution in [0.25, 0.3) is 0 Å². The lowest BCUT2D eigenvalue weighted by molar-refractivity contribution is -0.384. The van der Waals surface area contributed by atoms with E-state index < -0.39 is 10.8 Å². The summed E-state index contributed by atoms with van der Waals surface area (Å²) in [5, 5.41) is 10.7. The zero-order valence-corrected chi connectivity index (χ0v) is 11.5. The van der Waals surface area contributed by atoms with Crippen molar-refractivity contribution in [3.8, 4) is 11.5 Å². The van der Waals surface area contributed by atoms with E-state index in [9.17, 15) is 14.9 Å². The predicted molar refractivity (Wildman–Crippen MR) is 73.6 cm³/mol. The molecule has 0 bridgehead atoms. The molecular weight excluding hydrogens is 330 g/mol. The van der Waals surface area contributed by atoms with E-state index in [1.54, 1.807) is 12.3 Å². The van der Waals surface area contributed by atoms with Gasteiger partial charge >= 0.3 is 0 Å². The van der Waals surface area contributed by atoms with Crippen molar-refractivity contribution in [3.63, 3.8) is 0 Å². The van der Waals surface area contributed by atoms with E-state index in [0.29, 0.717) is 10.2 Å². The predicted octanol–water partition coefficient (Wildman–Crippen LogP) is 2.64. The second kappa shape index (κ2) is 5.66. The number of amides is 1. The normalized spacial score (nSPS) is 10.1. The summed E-state index contributed by atoms with van der Waals surface area (Å²) < 4.78 is 6.16. The van der Waals surface area contributed by atoms with Gasteiger partial charge in [0, 0.05) is 22.8 Å². The van der Waals surface area contributed by atoms with Gasteiger partial charge in [-0.1, -0.05) is 0 Å². The maximum atomic E-state index is 11.3. The van der Waals surface area contributed by atoms with Crippen LogP contribution in [-0.2, 0) is 0 Å². The molecule has 0 unspecified atom stereocenters. The van der Waals surface area contributed by atoms with Crippen molar-refractivity contribution >= 4 is 27.5 Å². The number of ether oxygens (including phenoxy) is 1. The van der Waals surface area contributed by atoms with Gasteiger partial charge in [-0.05, 0) is 28.1 Å². The third-order valence-corrected chi connectivity index (χ3v) is 2.78. The van der Waals surface area contributed by atoms with E-state index in [4.69, 9.17) is 10.5 Å². The third kappa shape index (κ3) is 3.09. The van der Waals surface area contributed by atoms with Crippen LogP contribution < -0.4 is 10.5 Å². The SMILES string of the molecule is NC(=O)c1cc([N+](=O)[O-])ccc1Oc1cncc(Br)c1. The molecule has 2 aromatic rings. The lowest BCUT2D eigenvalue weighted by atomic mass is 10.1. The second-order valence-corrected chi connectivity index (χ2v) is 4.66. The summed E-state index contributed by atoms with van der Waals surface area (Å²) in [5.74, 6) is -0.314. The summed E-state index contributed by atoms with van der Waals surface area (Å²) in [4.78, 5) is 25.3. The van der Waals surface area contributed by atoms with Gasteiger partial charge in [-0.3, -0.25) is 19.9 Å². The second-order valence-electron chi connectivity index (χ2n) is 3.74. The number of rotatable bonds is 4. The van der Waals surface area contributed by atoms with Crippen molar-refractivity contribution in [2.45, 2.75) is 0 Å². The Bertz CT molecular complexity index is 690. The zero-order chi connectivity index (χ0) is 14.7. The zero-order valence-electron chi connectivity index (χ0n) is 9.95. The number of aromatic nitrogens is 1. The molecule has 102 valence electrons. The van der Waals surface area contributed by atoms with Crippen molar-refractivity contribution in [3.05, 3.63) is 56.8 Å². The molecule has 1 amide bonds. The van der Waals surface area contributed by atoms with Gasteiger partial charge in [0.15, 0.2) is 0 Å². The summed E-state index contributed by atoms with van der Waals surface area (Å²) >= 11 is 3.23. The van der Waals surface area contributed by atoms with Gasteiger partial charge in [0.25, 0.3) is 11.6 Å². The van der Waals surface area contributed by atoms with Gasteiger partial charge in [-0.15, -0.1) is 0 Å². The minimum atomic E-state index is -0.813. The van der Waals surface area contributed by atoms with Crippen molar-refractivity contribution in [1.82, 2.24) is 4.98 Å². The highest BCUT2D eigenvalue weighted by Crippen LogP contribution is 2.29. The molecule has 2 N–H and O–H groups in total. The lowest BCUT2D eigenvalue weighted by Gasteiger charge is -2.08. The minimum absolute atomic E-state index is 0.0702. The number of carbonyl (C=O) groups excluding carboxylic acids is 1. The molecule has 7 nitrogen and oxygen atoms in total. The van der Waals surface area contributed by atoms with Crippen molar-refractivity contribution < 1.29 is 14.5 Å². The largest absolute Gasteiger partial charge is 0.455 e. The highest BCUT2D eigenvalue weighted by atomic mass is 79.9. The molecule has 0 saturated carbocycles. The average Bonchev–Trinajstić information content (AvgIpc) is 2.38. The van der Waals surface area contributed by atoms with Crippen molar-refractivity contribution in [2.75, 3.05) is 0 Å². The first-order valence-electron chi connectivity index (χ1n) is 5.34. The molecule has 0 atom stereocenters. The van der Waals surface area contributed by atoms with Crippen molar-refractivity contribution in [1.29, 1.82) is 0 Å².